The van der Waals surface area contributed by atoms with Crippen LogP contribution in [0.1, 0.15) is 23.2 Å². The van der Waals surface area contributed by atoms with E-state index in [-0.39, 0.29) is 41.0 Å². The number of imide groups is 1. The number of nitrogens with zero attached hydrogens (tertiary/aromatic N) is 1. The number of fused-ring (bicyclic) bond motifs is 1. The summed E-state index contributed by atoms with van der Waals surface area (Å²) in [5, 5.41) is 8.94. The number of hydrogen-bond donors (Lipinski definition) is 1. The fraction of sp³-hybridized carbons (Fsp3) is 0.353. The number of carboxylic acid groups (broad SMARTS) is 1. The molecule has 4 atom stereocenters. The molecule has 1 aromatic carbocycles. The van der Waals surface area contributed by atoms with E-state index in [1.807, 2.05) is 0 Å². The van der Waals surface area contributed by atoms with Gasteiger partial charge in [0.1, 0.15) is 0 Å². The van der Waals surface area contributed by atoms with E-state index < -0.39 is 5.97 Å². The number of benzene rings is 1. The highest BCUT2D eigenvalue weighted by Gasteiger charge is 2.56. The van der Waals surface area contributed by atoms with Crippen molar-refractivity contribution in [3.05, 3.63) is 42.0 Å². The second-order valence-electron chi connectivity index (χ2n) is 6.21. The number of amides is 2. The summed E-state index contributed by atoms with van der Waals surface area (Å²) in [6.45, 7) is 0. The molecule has 5 rings (SSSR count). The molecular weight excluding hydrogens is 282 g/mol. The second kappa shape index (κ2) is 4.53. The smallest absolute Gasteiger partial charge is 0.335 e. The predicted octanol–water partition coefficient (Wildman–Crippen LogP) is 2.09. The molecule has 1 heterocycles. The van der Waals surface area contributed by atoms with Gasteiger partial charge in [0.25, 0.3) is 0 Å². The molecule has 3 aliphatic carbocycles. The Labute approximate surface area is 127 Å². The molecule has 0 unspecified atom stereocenters. The minimum atomic E-state index is -1.03. The average molecular weight is 297 g/mol. The number of allylic oxidation sites excluding steroid dienone is 2. The summed E-state index contributed by atoms with van der Waals surface area (Å²) >= 11 is 0. The topological polar surface area (TPSA) is 74.7 Å². The van der Waals surface area contributed by atoms with Crippen molar-refractivity contribution < 1.29 is 19.5 Å². The van der Waals surface area contributed by atoms with Crippen LogP contribution in [0, 0.1) is 23.7 Å². The molecule has 1 saturated carbocycles. The van der Waals surface area contributed by atoms with Crippen LogP contribution in [0.15, 0.2) is 36.4 Å². The fourth-order valence-electron chi connectivity index (χ4n) is 4.08. The molecule has 1 aliphatic heterocycles. The fourth-order valence-corrected chi connectivity index (χ4v) is 4.08. The lowest BCUT2D eigenvalue weighted by molar-refractivity contribution is -0.124. The van der Waals surface area contributed by atoms with Gasteiger partial charge in [0.2, 0.25) is 11.8 Å². The molecule has 1 saturated heterocycles. The summed E-state index contributed by atoms with van der Waals surface area (Å²) in [6.07, 6.45) is 6.09. The maximum absolute atomic E-state index is 12.7. The van der Waals surface area contributed by atoms with E-state index in [1.54, 1.807) is 0 Å². The average Bonchev–Trinajstić information content (AvgIpc) is 2.82. The van der Waals surface area contributed by atoms with Gasteiger partial charge in [-0.05, 0) is 48.9 Å². The Morgan fingerprint density at radius 2 is 1.45 bits per heavy atom. The first-order chi connectivity index (χ1) is 10.6. The lowest BCUT2D eigenvalue weighted by Crippen LogP contribution is -2.38. The van der Waals surface area contributed by atoms with Gasteiger partial charge in [-0.1, -0.05) is 12.2 Å². The normalized spacial score (nSPS) is 32.5. The molecule has 2 bridgehead atoms. The summed E-state index contributed by atoms with van der Waals surface area (Å²) in [5.41, 5.74) is 0.607. The van der Waals surface area contributed by atoms with Crippen LogP contribution in [0.2, 0.25) is 0 Å². The number of carboxylic acids is 1. The SMILES string of the molecule is O=C(O)c1ccc(N2C(=O)[C@@H]3[C@H](C2=O)[C@H]2C=C[C@H]3CC2)cc1. The zero-order valence-electron chi connectivity index (χ0n) is 11.8. The van der Waals surface area contributed by atoms with Gasteiger partial charge in [-0.2, -0.15) is 0 Å². The molecule has 5 nitrogen and oxygen atoms in total. The van der Waals surface area contributed by atoms with Gasteiger partial charge in [-0.15, -0.1) is 0 Å². The number of hydrogen-bond acceptors (Lipinski definition) is 3. The number of rotatable bonds is 2. The molecule has 2 amide bonds. The van der Waals surface area contributed by atoms with Crippen molar-refractivity contribution >= 4 is 23.5 Å². The number of anilines is 1. The Morgan fingerprint density at radius 3 is 1.86 bits per heavy atom. The quantitative estimate of drug-likeness (QED) is 0.670. The van der Waals surface area contributed by atoms with Crippen LogP contribution in [0.4, 0.5) is 5.69 Å². The highest BCUT2D eigenvalue weighted by molar-refractivity contribution is 6.22. The molecule has 2 fully saturated rings. The molecular formula is C17H15NO4. The summed E-state index contributed by atoms with van der Waals surface area (Å²) in [4.78, 5) is 37.6. The van der Waals surface area contributed by atoms with Gasteiger partial charge in [0.05, 0.1) is 23.1 Å². The Morgan fingerprint density at radius 1 is 0.955 bits per heavy atom. The third-order valence-electron chi connectivity index (χ3n) is 5.13. The van der Waals surface area contributed by atoms with Gasteiger partial charge in [-0.25, -0.2) is 4.79 Å². The Kier molecular flexibility index (Phi) is 2.73. The Hall–Kier alpha value is -2.43. The summed E-state index contributed by atoms with van der Waals surface area (Å²) in [6, 6.07) is 5.91. The van der Waals surface area contributed by atoms with Crippen LogP contribution in [0.25, 0.3) is 0 Å². The number of carbonyl (C=O) groups is 3. The second-order valence-corrected chi connectivity index (χ2v) is 6.21. The Bertz CT molecular complexity index is 674. The van der Waals surface area contributed by atoms with Crippen LogP contribution < -0.4 is 4.90 Å². The zero-order chi connectivity index (χ0) is 15.4. The van der Waals surface area contributed by atoms with E-state index in [4.69, 9.17) is 5.11 Å². The zero-order valence-corrected chi connectivity index (χ0v) is 11.8. The van der Waals surface area contributed by atoms with E-state index in [9.17, 15) is 14.4 Å². The van der Waals surface area contributed by atoms with Crippen LogP contribution in [0.5, 0.6) is 0 Å². The first-order valence-electron chi connectivity index (χ1n) is 7.47. The monoisotopic (exact) mass is 297 g/mol. The van der Waals surface area contributed by atoms with Crippen molar-refractivity contribution in [1.29, 1.82) is 0 Å². The summed E-state index contributed by atoms with van der Waals surface area (Å²) in [5.74, 6) is -1.47. The van der Waals surface area contributed by atoms with Gasteiger partial charge < -0.3 is 5.11 Å². The van der Waals surface area contributed by atoms with Gasteiger partial charge >= 0.3 is 5.97 Å². The maximum atomic E-state index is 12.7. The molecule has 1 N–H and O–H groups in total. The standard InChI is InChI=1S/C17H15NO4/c19-15-13-9-1-2-10(4-3-9)14(13)16(20)18(15)12-7-5-11(6-8-12)17(21)22/h1-2,5-10,13-14H,3-4H2,(H,21,22)/t9-,10-,13-,14+/m0/s1. The van der Waals surface area contributed by atoms with Gasteiger partial charge in [0, 0.05) is 0 Å². The first kappa shape index (κ1) is 13.2. The minimum absolute atomic E-state index is 0.141. The third-order valence-corrected chi connectivity index (χ3v) is 5.13. The Balaban J connectivity index is 1.70. The lowest BCUT2D eigenvalue weighted by Gasteiger charge is -2.38. The molecule has 1 aromatic rings. The van der Waals surface area contributed by atoms with Gasteiger partial charge in [-0.3, -0.25) is 14.5 Å². The number of carbonyl (C=O) groups excluding carboxylic acids is 2. The van der Waals surface area contributed by atoms with Crippen LogP contribution in [-0.2, 0) is 9.59 Å². The molecule has 4 aliphatic rings. The van der Waals surface area contributed by atoms with Crippen molar-refractivity contribution in [3.8, 4) is 0 Å². The van der Waals surface area contributed by atoms with E-state index in [0.717, 1.165) is 12.8 Å². The largest absolute Gasteiger partial charge is 0.478 e. The van der Waals surface area contributed by atoms with Crippen molar-refractivity contribution in [1.82, 2.24) is 0 Å². The maximum Gasteiger partial charge on any atom is 0.335 e. The molecule has 0 spiro atoms. The number of aromatic carboxylic acids is 1. The van der Waals surface area contributed by atoms with E-state index in [1.165, 1.54) is 29.2 Å². The van der Waals surface area contributed by atoms with Crippen LogP contribution in [0.3, 0.4) is 0 Å². The van der Waals surface area contributed by atoms with Crippen molar-refractivity contribution in [2.75, 3.05) is 4.90 Å². The summed E-state index contributed by atoms with van der Waals surface area (Å²) in [7, 11) is 0. The molecule has 22 heavy (non-hydrogen) atoms. The third kappa shape index (κ3) is 1.68. The summed E-state index contributed by atoms with van der Waals surface area (Å²) < 4.78 is 0. The van der Waals surface area contributed by atoms with E-state index >= 15 is 0 Å². The highest BCUT2D eigenvalue weighted by Crippen LogP contribution is 2.50. The molecule has 112 valence electrons. The molecule has 5 heteroatoms. The lowest BCUT2D eigenvalue weighted by atomic mass is 9.63. The van der Waals surface area contributed by atoms with Gasteiger partial charge in [0.15, 0.2) is 0 Å². The molecule has 0 aromatic heterocycles. The van der Waals surface area contributed by atoms with E-state index in [0.29, 0.717) is 5.69 Å². The van der Waals surface area contributed by atoms with Crippen LogP contribution >= 0.6 is 0 Å². The van der Waals surface area contributed by atoms with Crippen LogP contribution in [-0.4, -0.2) is 22.9 Å². The van der Waals surface area contributed by atoms with Crippen molar-refractivity contribution in [3.63, 3.8) is 0 Å². The van der Waals surface area contributed by atoms with E-state index in [2.05, 4.69) is 12.2 Å². The van der Waals surface area contributed by atoms with Crippen molar-refractivity contribution in [2.24, 2.45) is 23.7 Å². The minimum Gasteiger partial charge on any atom is -0.478 e. The van der Waals surface area contributed by atoms with Crippen molar-refractivity contribution in [2.45, 2.75) is 12.8 Å². The predicted molar refractivity (Wildman–Crippen MR) is 78.2 cm³/mol. The highest BCUT2D eigenvalue weighted by atomic mass is 16.4. The molecule has 0 radical (unpaired) electrons. The first-order valence-corrected chi connectivity index (χ1v) is 7.47.